The van der Waals surface area contributed by atoms with Crippen molar-refractivity contribution in [2.24, 2.45) is 5.73 Å². The maximum absolute atomic E-state index is 11.2. The van der Waals surface area contributed by atoms with Gasteiger partial charge in [-0.3, -0.25) is 4.98 Å². The number of carbonyl (C=O) groups excluding carboxylic acids is 1. The van der Waals surface area contributed by atoms with Gasteiger partial charge in [-0.25, -0.2) is 0 Å². The normalized spacial score (nSPS) is 10.6. The van der Waals surface area contributed by atoms with E-state index in [0.717, 1.165) is 34.3 Å². The number of nitriles is 1. The Balaban J connectivity index is 1.95. The molecule has 1 heterocycles. The third-order valence-corrected chi connectivity index (χ3v) is 4.97. The maximum atomic E-state index is 11.2. The van der Waals surface area contributed by atoms with Crippen molar-refractivity contribution < 1.29 is 14.3 Å². The molecule has 3 N–H and O–H groups in total. The topological polar surface area (TPSA) is 110 Å². The van der Waals surface area contributed by atoms with E-state index in [-0.39, 0.29) is 5.78 Å². The average molecular weight is 433 g/mol. The molecule has 166 valence electrons. The van der Waals surface area contributed by atoms with Crippen molar-refractivity contribution >= 4 is 28.1 Å². The van der Waals surface area contributed by atoms with Gasteiger partial charge in [-0.2, -0.15) is 5.26 Å². The first-order chi connectivity index (χ1) is 15.5. The van der Waals surface area contributed by atoms with Crippen LogP contribution in [-0.2, 0) is 4.79 Å². The highest BCUT2D eigenvalue weighted by Gasteiger charge is 2.14. The number of para-hydroxylation sites is 2. The van der Waals surface area contributed by atoms with Crippen LogP contribution in [0.15, 0.2) is 42.6 Å². The van der Waals surface area contributed by atoms with Crippen LogP contribution in [0.3, 0.4) is 0 Å². The lowest BCUT2D eigenvalue weighted by Gasteiger charge is -2.17. The lowest BCUT2D eigenvalue weighted by Crippen LogP contribution is -2.07. The minimum atomic E-state index is 0.140. The Morgan fingerprint density at radius 3 is 2.66 bits per heavy atom. The van der Waals surface area contributed by atoms with Gasteiger partial charge in [0.15, 0.2) is 0 Å². The summed E-state index contributed by atoms with van der Waals surface area (Å²) in [6.45, 7) is 5.05. The number of carbonyl (C=O) groups is 1. The van der Waals surface area contributed by atoms with Crippen LogP contribution in [0.25, 0.3) is 10.9 Å². The number of fused-ring (bicyclic) bond motifs is 1. The molecule has 0 atom stereocenters. The van der Waals surface area contributed by atoms with Crippen LogP contribution in [0.1, 0.15) is 37.3 Å². The van der Waals surface area contributed by atoms with Crippen LogP contribution in [0, 0.1) is 18.3 Å². The molecule has 0 fully saturated rings. The number of Topliss-reactive ketones (excluding diaryl/α,β-unsaturated/α-hetero) is 1. The molecule has 0 bridgehead atoms. The zero-order valence-electron chi connectivity index (χ0n) is 18.5. The summed E-state index contributed by atoms with van der Waals surface area (Å²) in [5.74, 6) is 1.53. The molecule has 32 heavy (non-hydrogen) atoms. The Morgan fingerprint density at radius 1 is 1.16 bits per heavy atom. The van der Waals surface area contributed by atoms with Gasteiger partial charge >= 0.3 is 0 Å². The molecule has 0 radical (unpaired) electrons. The summed E-state index contributed by atoms with van der Waals surface area (Å²) < 4.78 is 11.8. The predicted octanol–water partition coefficient (Wildman–Crippen LogP) is 4.63. The Morgan fingerprint density at radius 2 is 1.91 bits per heavy atom. The summed E-state index contributed by atoms with van der Waals surface area (Å²) in [7, 11) is 0. The molecule has 0 unspecified atom stereocenters. The van der Waals surface area contributed by atoms with E-state index in [1.165, 1.54) is 0 Å². The number of nitrogens with zero attached hydrogens (tertiary/aromatic N) is 2. The number of aromatic nitrogens is 1. The summed E-state index contributed by atoms with van der Waals surface area (Å²) in [5.41, 5.74) is 9.09. The number of anilines is 2. The molecule has 0 aliphatic carbocycles. The van der Waals surface area contributed by atoms with Gasteiger partial charge in [0, 0.05) is 18.0 Å². The minimum Gasteiger partial charge on any atom is -0.493 e. The molecular weight excluding hydrogens is 404 g/mol. The molecule has 0 amide bonds. The monoisotopic (exact) mass is 432 g/mol. The average Bonchev–Trinajstić information content (AvgIpc) is 2.78. The Hall–Kier alpha value is -3.63. The molecule has 7 nitrogen and oxygen atoms in total. The molecule has 0 aliphatic heterocycles. The fourth-order valence-electron chi connectivity index (χ4n) is 3.30. The molecule has 3 aromatic rings. The van der Waals surface area contributed by atoms with Crippen molar-refractivity contribution in [2.75, 3.05) is 25.1 Å². The highest BCUT2D eigenvalue weighted by Crippen LogP contribution is 2.36. The molecule has 0 aliphatic rings. The zero-order valence-corrected chi connectivity index (χ0v) is 18.5. The van der Waals surface area contributed by atoms with Crippen molar-refractivity contribution in [3.63, 3.8) is 0 Å². The highest BCUT2D eigenvalue weighted by atomic mass is 16.5. The fraction of sp³-hybridized carbons (Fsp3) is 0.320. The number of hydrogen-bond donors (Lipinski definition) is 2. The smallest absolute Gasteiger partial charge is 0.142 e. The van der Waals surface area contributed by atoms with Crippen LogP contribution < -0.4 is 20.5 Å². The van der Waals surface area contributed by atoms with Crippen molar-refractivity contribution in [1.82, 2.24) is 4.98 Å². The third-order valence-electron chi connectivity index (χ3n) is 4.97. The summed E-state index contributed by atoms with van der Waals surface area (Å²) in [5, 5.41) is 13.9. The van der Waals surface area contributed by atoms with E-state index < -0.39 is 0 Å². The van der Waals surface area contributed by atoms with Crippen LogP contribution in [0.2, 0.25) is 0 Å². The molecule has 7 heteroatoms. The highest BCUT2D eigenvalue weighted by molar-refractivity contribution is 5.97. The lowest BCUT2D eigenvalue weighted by molar-refractivity contribution is -0.117. The van der Waals surface area contributed by atoms with Gasteiger partial charge in [0.1, 0.15) is 23.4 Å². The molecule has 1 aromatic heterocycles. The van der Waals surface area contributed by atoms with Crippen LogP contribution in [0.4, 0.5) is 11.4 Å². The molecule has 0 saturated carbocycles. The van der Waals surface area contributed by atoms with Crippen LogP contribution >= 0.6 is 0 Å². The third kappa shape index (κ3) is 5.74. The SMILES string of the molecule is CC(=O)CCCOc1ccccc1Nc1c(C#N)cnc2cc(C)c(OCCCN)cc12. The van der Waals surface area contributed by atoms with E-state index in [4.69, 9.17) is 15.2 Å². The van der Waals surface area contributed by atoms with Gasteiger partial charge in [0.2, 0.25) is 0 Å². The number of pyridine rings is 1. The predicted molar refractivity (Wildman–Crippen MR) is 125 cm³/mol. The second-order valence-electron chi connectivity index (χ2n) is 7.56. The van der Waals surface area contributed by atoms with E-state index in [0.29, 0.717) is 49.6 Å². The van der Waals surface area contributed by atoms with Gasteiger partial charge in [-0.15, -0.1) is 0 Å². The van der Waals surface area contributed by atoms with Gasteiger partial charge in [-0.1, -0.05) is 12.1 Å². The standard InChI is InChI=1S/C25H28N4O3/c1-17-13-22-20(14-24(17)32-12-6-10-26)25(19(15-27)16-28-22)29-21-8-3-4-9-23(21)31-11-5-7-18(2)30/h3-4,8-9,13-14,16H,5-7,10-12,26H2,1-2H3,(H,28,29). The number of benzene rings is 2. The van der Waals surface area contributed by atoms with E-state index in [1.54, 1.807) is 13.1 Å². The molecule has 3 rings (SSSR count). The summed E-state index contributed by atoms with van der Waals surface area (Å²) in [6.07, 6.45) is 3.45. The summed E-state index contributed by atoms with van der Waals surface area (Å²) in [4.78, 5) is 15.6. The fourth-order valence-corrected chi connectivity index (χ4v) is 3.30. The largest absolute Gasteiger partial charge is 0.493 e. The molecule has 0 saturated heterocycles. The molecule has 0 spiro atoms. The lowest BCUT2D eigenvalue weighted by atomic mass is 10.1. The van der Waals surface area contributed by atoms with Crippen molar-refractivity contribution in [3.05, 3.63) is 53.7 Å². The first-order valence-corrected chi connectivity index (χ1v) is 10.7. The molecular formula is C25H28N4O3. The minimum absolute atomic E-state index is 0.140. The Kier molecular flexibility index (Phi) is 8.01. The number of rotatable bonds is 11. The number of nitrogens with two attached hydrogens (primary N) is 1. The number of ether oxygens (including phenoxy) is 2. The number of hydrogen-bond acceptors (Lipinski definition) is 7. The van der Waals surface area contributed by atoms with Gasteiger partial charge < -0.3 is 25.3 Å². The Bertz CT molecular complexity index is 1140. The maximum Gasteiger partial charge on any atom is 0.142 e. The first-order valence-electron chi connectivity index (χ1n) is 10.7. The van der Waals surface area contributed by atoms with E-state index in [9.17, 15) is 10.1 Å². The van der Waals surface area contributed by atoms with Gasteiger partial charge in [0.05, 0.1) is 35.7 Å². The van der Waals surface area contributed by atoms with E-state index in [2.05, 4.69) is 16.4 Å². The van der Waals surface area contributed by atoms with Crippen molar-refractivity contribution in [1.29, 1.82) is 5.26 Å². The summed E-state index contributed by atoms with van der Waals surface area (Å²) in [6, 6.07) is 13.6. The van der Waals surface area contributed by atoms with Crippen molar-refractivity contribution in [3.8, 4) is 17.6 Å². The summed E-state index contributed by atoms with van der Waals surface area (Å²) >= 11 is 0. The van der Waals surface area contributed by atoms with Crippen LogP contribution in [-0.4, -0.2) is 30.5 Å². The van der Waals surface area contributed by atoms with E-state index in [1.807, 2.05) is 43.3 Å². The van der Waals surface area contributed by atoms with Crippen molar-refractivity contribution in [2.45, 2.75) is 33.1 Å². The first kappa shape index (κ1) is 23.0. The van der Waals surface area contributed by atoms with E-state index >= 15 is 0 Å². The quantitative estimate of drug-likeness (QED) is 0.425. The van der Waals surface area contributed by atoms with Gasteiger partial charge in [0.25, 0.3) is 0 Å². The zero-order chi connectivity index (χ0) is 22.9. The number of aryl methyl sites for hydroxylation is 1. The molecule has 2 aromatic carbocycles. The number of ketones is 1. The van der Waals surface area contributed by atoms with Crippen LogP contribution in [0.5, 0.6) is 11.5 Å². The second-order valence-corrected chi connectivity index (χ2v) is 7.56. The number of nitrogens with one attached hydrogen (secondary N) is 1. The Labute approximate surface area is 188 Å². The van der Waals surface area contributed by atoms with Gasteiger partial charge in [-0.05, 0) is 63.1 Å². The second kappa shape index (κ2) is 11.1.